The number of para-hydroxylation sites is 1. The number of carbonyl (C=O) groups is 1. The molecule has 0 aliphatic carbocycles. The van der Waals surface area contributed by atoms with E-state index in [1.54, 1.807) is 19.1 Å². The molecule has 0 radical (unpaired) electrons. The molecule has 0 heterocycles. The highest BCUT2D eigenvalue weighted by molar-refractivity contribution is 5.99. The molecule has 4 nitrogen and oxygen atoms in total. The molecule has 4 heteroatoms. The molecule has 0 amide bonds. The molecule has 0 fully saturated rings. The van der Waals surface area contributed by atoms with E-state index in [0.717, 1.165) is 18.5 Å². The number of hydrogen-bond donors (Lipinski definition) is 1. The van der Waals surface area contributed by atoms with Crippen molar-refractivity contribution in [3.05, 3.63) is 23.8 Å². The molecule has 0 aliphatic heterocycles. The standard InChI is InChI=1S/C15H24N2O2/c1-5-8-11(3)17(4)14-12(15(18)19-6-2)9-7-10-13(14)16/h7,9-11H,5-6,8,16H2,1-4H3. The summed E-state index contributed by atoms with van der Waals surface area (Å²) in [6.07, 6.45) is 2.14. The highest BCUT2D eigenvalue weighted by Gasteiger charge is 2.20. The highest BCUT2D eigenvalue weighted by atomic mass is 16.5. The van der Waals surface area contributed by atoms with Crippen LogP contribution in [0.25, 0.3) is 0 Å². The first-order valence-electron chi connectivity index (χ1n) is 6.81. The minimum absolute atomic E-state index is 0.319. The second-order valence-electron chi connectivity index (χ2n) is 4.71. The number of carbonyl (C=O) groups excluding carboxylic acids is 1. The molecule has 1 atom stereocenters. The van der Waals surface area contributed by atoms with Gasteiger partial charge in [0.25, 0.3) is 0 Å². The molecule has 1 aromatic carbocycles. The van der Waals surface area contributed by atoms with Crippen LogP contribution in [0.15, 0.2) is 18.2 Å². The Kier molecular flexibility index (Phi) is 5.67. The number of nitrogens with two attached hydrogens (primary N) is 1. The van der Waals surface area contributed by atoms with Gasteiger partial charge in [-0.25, -0.2) is 4.79 Å². The SMILES string of the molecule is CCCC(C)N(C)c1c(N)cccc1C(=O)OCC. The summed E-state index contributed by atoms with van der Waals surface area (Å²) in [5, 5.41) is 0. The number of ether oxygens (including phenoxy) is 1. The van der Waals surface area contributed by atoms with Crippen LogP contribution in [0.3, 0.4) is 0 Å². The monoisotopic (exact) mass is 264 g/mol. The van der Waals surface area contributed by atoms with Crippen molar-refractivity contribution < 1.29 is 9.53 Å². The summed E-state index contributed by atoms with van der Waals surface area (Å²) in [5.41, 5.74) is 7.95. The normalized spacial score (nSPS) is 12.0. The number of benzene rings is 1. The Morgan fingerprint density at radius 3 is 2.68 bits per heavy atom. The zero-order valence-electron chi connectivity index (χ0n) is 12.3. The average Bonchev–Trinajstić information content (AvgIpc) is 2.38. The van der Waals surface area contributed by atoms with Gasteiger partial charge in [0.15, 0.2) is 0 Å². The molecule has 0 saturated carbocycles. The summed E-state index contributed by atoms with van der Waals surface area (Å²) in [4.78, 5) is 14.1. The smallest absolute Gasteiger partial charge is 0.340 e. The lowest BCUT2D eigenvalue weighted by Crippen LogP contribution is -2.31. The molecule has 1 rings (SSSR count). The summed E-state index contributed by atoms with van der Waals surface area (Å²) in [6, 6.07) is 5.68. The number of anilines is 2. The van der Waals surface area contributed by atoms with Gasteiger partial charge in [0.1, 0.15) is 0 Å². The van der Waals surface area contributed by atoms with Crippen LogP contribution in [0.1, 0.15) is 44.0 Å². The Hall–Kier alpha value is -1.71. The van der Waals surface area contributed by atoms with Crippen molar-refractivity contribution in [1.29, 1.82) is 0 Å². The molecule has 1 unspecified atom stereocenters. The third-order valence-electron chi connectivity index (χ3n) is 3.28. The Labute approximate surface area is 115 Å². The molecule has 0 saturated heterocycles. The van der Waals surface area contributed by atoms with E-state index in [2.05, 4.69) is 18.7 Å². The van der Waals surface area contributed by atoms with Crippen molar-refractivity contribution >= 4 is 17.3 Å². The molecular formula is C15H24N2O2. The average molecular weight is 264 g/mol. The van der Waals surface area contributed by atoms with E-state index in [1.165, 1.54) is 0 Å². The van der Waals surface area contributed by atoms with Gasteiger partial charge in [0, 0.05) is 13.1 Å². The van der Waals surface area contributed by atoms with Crippen molar-refractivity contribution in [2.24, 2.45) is 0 Å². The van der Waals surface area contributed by atoms with Gasteiger partial charge in [0.05, 0.1) is 23.5 Å². The van der Waals surface area contributed by atoms with Gasteiger partial charge in [-0.2, -0.15) is 0 Å². The molecule has 0 spiro atoms. The Morgan fingerprint density at radius 1 is 1.42 bits per heavy atom. The van der Waals surface area contributed by atoms with Crippen LogP contribution in [0.5, 0.6) is 0 Å². The van der Waals surface area contributed by atoms with Gasteiger partial charge in [-0.1, -0.05) is 19.4 Å². The third kappa shape index (κ3) is 3.63. The first-order valence-corrected chi connectivity index (χ1v) is 6.81. The summed E-state index contributed by atoms with van der Waals surface area (Å²) >= 11 is 0. The van der Waals surface area contributed by atoms with Gasteiger partial charge >= 0.3 is 5.97 Å². The summed E-state index contributed by atoms with van der Waals surface area (Å²) in [6.45, 7) is 6.43. The van der Waals surface area contributed by atoms with E-state index in [-0.39, 0.29) is 5.97 Å². The maximum absolute atomic E-state index is 12.0. The second kappa shape index (κ2) is 7.02. The molecule has 0 aromatic heterocycles. The topological polar surface area (TPSA) is 55.6 Å². The van der Waals surface area contributed by atoms with Crippen LogP contribution in [0.2, 0.25) is 0 Å². The summed E-state index contributed by atoms with van der Waals surface area (Å²) < 4.78 is 5.09. The van der Waals surface area contributed by atoms with Crippen LogP contribution < -0.4 is 10.6 Å². The van der Waals surface area contributed by atoms with E-state index in [1.807, 2.05) is 13.1 Å². The lowest BCUT2D eigenvalue weighted by molar-refractivity contribution is 0.0527. The minimum atomic E-state index is -0.319. The summed E-state index contributed by atoms with van der Waals surface area (Å²) in [5.74, 6) is -0.319. The van der Waals surface area contributed by atoms with Gasteiger partial charge in [0.2, 0.25) is 0 Å². The first-order chi connectivity index (χ1) is 9.02. The van der Waals surface area contributed by atoms with Crippen molar-refractivity contribution in [2.45, 2.75) is 39.7 Å². The minimum Gasteiger partial charge on any atom is -0.462 e. The second-order valence-corrected chi connectivity index (χ2v) is 4.71. The molecule has 0 bridgehead atoms. The molecular weight excluding hydrogens is 240 g/mol. The van der Waals surface area contributed by atoms with Gasteiger partial charge < -0.3 is 15.4 Å². The zero-order valence-corrected chi connectivity index (χ0v) is 12.3. The highest BCUT2D eigenvalue weighted by Crippen LogP contribution is 2.29. The molecule has 2 N–H and O–H groups in total. The van der Waals surface area contributed by atoms with Crippen LogP contribution in [0, 0.1) is 0 Å². The molecule has 106 valence electrons. The van der Waals surface area contributed by atoms with E-state index < -0.39 is 0 Å². The zero-order chi connectivity index (χ0) is 14.4. The fourth-order valence-corrected chi connectivity index (χ4v) is 2.16. The van der Waals surface area contributed by atoms with E-state index >= 15 is 0 Å². The van der Waals surface area contributed by atoms with E-state index in [0.29, 0.717) is 23.9 Å². The Morgan fingerprint density at radius 2 is 2.11 bits per heavy atom. The largest absolute Gasteiger partial charge is 0.462 e. The number of nitrogens with zero attached hydrogens (tertiary/aromatic N) is 1. The number of rotatable bonds is 6. The van der Waals surface area contributed by atoms with E-state index in [9.17, 15) is 4.79 Å². The van der Waals surface area contributed by atoms with Crippen LogP contribution in [0.4, 0.5) is 11.4 Å². The van der Waals surface area contributed by atoms with Crippen molar-refractivity contribution in [1.82, 2.24) is 0 Å². The Balaban J connectivity index is 3.13. The van der Waals surface area contributed by atoms with Crippen molar-refractivity contribution in [2.75, 3.05) is 24.3 Å². The maximum atomic E-state index is 12.0. The predicted molar refractivity (Wildman–Crippen MR) is 79.6 cm³/mol. The van der Waals surface area contributed by atoms with Crippen molar-refractivity contribution in [3.8, 4) is 0 Å². The molecule has 19 heavy (non-hydrogen) atoms. The fraction of sp³-hybridized carbons (Fsp3) is 0.533. The third-order valence-corrected chi connectivity index (χ3v) is 3.28. The van der Waals surface area contributed by atoms with Crippen LogP contribution in [-0.4, -0.2) is 25.7 Å². The maximum Gasteiger partial charge on any atom is 0.340 e. The first kappa shape index (κ1) is 15.3. The fourth-order valence-electron chi connectivity index (χ4n) is 2.16. The van der Waals surface area contributed by atoms with E-state index in [4.69, 9.17) is 10.5 Å². The van der Waals surface area contributed by atoms with Gasteiger partial charge in [-0.05, 0) is 32.4 Å². The number of esters is 1. The lowest BCUT2D eigenvalue weighted by Gasteiger charge is -2.29. The van der Waals surface area contributed by atoms with Crippen LogP contribution >= 0.6 is 0 Å². The number of hydrogen-bond acceptors (Lipinski definition) is 4. The van der Waals surface area contributed by atoms with Crippen molar-refractivity contribution in [3.63, 3.8) is 0 Å². The molecule has 0 aliphatic rings. The number of nitrogen functional groups attached to an aromatic ring is 1. The van der Waals surface area contributed by atoms with Gasteiger partial charge in [-0.15, -0.1) is 0 Å². The molecule has 1 aromatic rings. The lowest BCUT2D eigenvalue weighted by atomic mass is 10.1. The van der Waals surface area contributed by atoms with Gasteiger partial charge in [-0.3, -0.25) is 0 Å². The Bertz CT molecular complexity index is 432. The predicted octanol–water partition coefficient (Wildman–Crippen LogP) is 3.07. The van der Waals surface area contributed by atoms with Crippen LogP contribution in [-0.2, 0) is 4.74 Å². The quantitative estimate of drug-likeness (QED) is 0.633. The summed E-state index contributed by atoms with van der Waals surface area (Å²) in [7, 11) is 1.97.